The lowest BCUT2D eigenvalue weighted by atomic mass is 10.1. The normalized spacial score (nSPS) is 16.4. The van der Waals surface area contributed by atoms with Gasteiger partial charge in [0, 0.05) is 31.3 Å². The molecule has 2 aromatic rings. The number of morpholine rings is 1. The Bertz CT molecular complexity index is 1030. The molecule has 0 aliphatic carbocycles. The minimum atomic E-state index is -3.95. The van der Waals surface area contributed by atoms with E-state index in [1.165, 1.54) is 16.4 Å². The van der Waals surface area contributed by atoms with E-state index in [2.05, 4.69) is 5.32 Å². The summed E-state index contributed by atoms with van der Waals surface area (Å²) in [6.45, 7) is 2.75. The SMILES string of the molecule is CC(Nc1ccc([N+](=O)[O-])cc1S(=O)(=O)N1CCOCC1)c1ccc(Cl)c(Cl)c1. The van der Waals surface area contributed by atoms with Gasteiger partial charge >= 0.3 is 0 Å². The fourth-order valence-corrected chi connectivity index (χ4v) is 4.87. The van der Waals surface area contributed by atoms with Crippen molar-refractivity contribution in [2.45, 2.75) is 17.9 Å². The van der Waals surface area contributed by atoms with Crippen LogP contribution in [0.2, 0.25) is 10.0 Å². The summed E-state index contributed by atoms with van der Waals surface area (Å²) < 4.78 is 32.8. The highest BCUT2D eigenvalue weighted by Gasteiger charge is 2.30. The third kappa shape index (κ3) is 4.81. The molecule has 0 spiro atoms. The lowest BCUT2D eigenvalue weighted by Crippen LogP contribution is -2.40. The lowest BCUT2D eigenvalue weighted by molar-refractivity contribution is -0.385. The van der Waals surface area contributed by atoms with Gasteiger partial charge in [-0.05, 0) is 30.7 Å². The number of benzene rings is 2. The Morgan fingerprint density at radius 3 is 2.45 bits per heavy atom. The summed E-state index contributed by atoms with van der Waals surface area (Å²) in [6, 6.07) is 8.52. The minimum Gasteiger partial charge on any atom is -0.379 e. The number of hydrogen-bond acceptors (Lipinski definition) is 6. The smallest absolute Gasteiger partial charge is 0.270 e. The van der Waals surface area contributed by atoms with Gasteiger partial charge in [0.05, 0.1) is 33.9 Å². The van der Waals surface area contributed by atoms with Gasteiger partial charge in [-0.2, -0.15) is 4.31 Å². The molecule has 3 rings (SSSR count). The summed E-state index contributed by atoms with van der Waals surface area (Å²) in [5.74, 6) is 0. The summed E-state index contributed by atoms with van der Waals surface area (Å²) in [4.78, 5) is 10.4. The van der Waals surface area contributed by atoms with Gasteiger partial charge in [0.15, 0.2) is 0 Å². The van der Waals surface area contributed by atoms with Crippen molar-refractivity contribution in [3.8, 4) is 0 Å². The highest BCUT2D eigenvalue weighted by Crippen LogP contribution is 2.33. The molecule has 1 aliphatic heterocycles. The first kappa shape index (κ1) is 21.8. The van der Waals surface area contributed by atoms with Gasteiger partial charge in [-0.15, -0.1) is 0 Å². The highest BCUT2D eigenvalue weighted by atomic mass is 35.5. The number of anilines is 1. The Morgan fingerprint density at radius 1 is 1.14 bits per heavy atom. The predicted octanol–water partition coefficient (Wildman–Crippen LogP) is 4.10. The largest absolute Gasteiger partial charge is 0.379 e. The zero-order chi connectivity index (χ0) is 21.2. The predicted molar refractivity (Wildman–Crippen MR) is 111 cm³/mol. The van der Waals surface area contributed by atoms with Crippen molar-refractivity contribution in [2.24, 2.45) is 0 Å². The summed E-state index contributed by atoms with van der Waals surface area (Å²) in [5.41, 5.74) is 0.748. The van der Waals surface area contributed by atoms with Gasteiger partial charge in [0.1, 0.15) is 4.90 Å². The van der Waals surface area contributed by atoms with Crippen LogP contribution < -0.4 is 5.32 Å². The standard InChI is InChI=1S/C18H19Cl2N3O5S/c1-12(13-2-4-15(19)16(20)10-13)21-17-5-3-14(23(24)25)11-18(17)29(26,27)22-6-8-28-9-7-22/h2-5,10-12,21H,6-9H2,1H3. The quantitative estimate of drug-likeness (QED) is 0.515. The Hall–Kier alpha value is -1.91. The van der Waals surface area contributed by atoms with E-state index in [0.29, 0.717) is 10.0 Å². The molecule has 0 saturated carbocycles. The first-order valence-electron chi connectivity index (χ1n) is 8.78. The summed E-state index contributed by atoms with van der Waals surface area (Å²) in [6.07, 6.45) is 0. The van der Waals surface area contributed by atoms with Crippen LogP contribution in [-0.2, 0) is 14.8 Å². The molecule has 11 heteroatoms. The third-order valence-electron chi connectivity index (χ3n) is 4.58. The van der Waals surface area contributed by atoms with E-state index in [4.69, 9.17) is 27.9 Å². The van der Waals surface area contributed by atoms with Crippen LogP contribution in [0.5, 0.6) is 0 Å². The van der Waals surface area contributed by atoms with Crippen LogP contribution in [0.4, 0.5) is 11.4 Å². The Labute approximate surface area is 178 Å². The monoisotopic (exact) mass is 459 g/mol. The van der Waals surface area contributed by atoms with E-state index in [0.717, 1.165) is 11.6 Å². The van der Waals surface area contributed by atoms with E-state index >= 15 is 0 Å². The number of halogens is 2. The maximum absolute atomic E-state index is 13.2. The molecule has 0 amide bonds. The zero-order valence-corrected chi connectivity index (χ0v) is 17.8. The maximum Gasteiger partial charge on any atom is 0.270 e. The molecule has 156 valence electrons. The molecule has 0 radical (unpaired) electrons. The molecule has 1 N–H and O–H groups in total. The van der Waals surface area contributed by atoms with Gasteiger partial charge in [0.2, 0.25) is 10.0 Å². The van der Waals surface area contributed by atoms with Gasteiger partial charge < -0.3 is 10.1 Å². The molecule has 0 aromatic heterocycles. The molecule has 1 atom stereocenters. The molecule has 29 heavy (non-hydrogen) atoms. The number of non-ortho nitro benzene ring substituents is 1. The van der Waals surface area contributed by atoms with Crippen molar-refractivity contribution < 1.29 is 18.1 Å². The van der Waals surface area contributed by atoms with Crippen LogP contribution in [-0.4, -0.2) is 43.9 Å². The fourth-order valence-electron chi connectivity index (χ4n) is 2.98. The van der Waals surface area contributed by atoms with Crippen molar-refractivity contribution in [1.29, 1.82) is 0 Å². The van der Waals surface area contributed by atoms with Crippen LogP contribution >= 0.6 is 23.2 Å². The molecule has 2 aromatic carbocycles. The van der Waals surface area contributed by atoms with Crippen LogP contribution in [0.25, 0.3) is 0 Å². The Morgan fingerprint density at radius 2 is 1.83 bits per heavy atom. The van der Waals surface area contributed by atoms with Crippen molar-refractivity contribution in [3.05, 3.63) is 62.1 Å². The summed E-state index contributed by atoms with van der Waals surface area (Å²) in [5, 5.41) is 15.1. The van der Waals surface area contributed by atoms with Crippen LogP contribution in [0.3, 0.4) is 0 Å². The number of ether oxygens (including phenoxy) is 1. The summed E-state index contributed by atoms with van der Waals surface area (Å²) in [7, 11) is -3.95. The maximum atomic E-state index is 13.2. The average Bonchev–Trinajstić information content (AvgIpc) is 2.70. The van der Waals surface area contributed by atoms with E-state index in [9.17, 15) is 18.5 Å². The zero-order valence-electron chi connectivity index (χ0n) is 15.5. The minimum absolute atomic E-state index is 0.152. The number of rotatable bonds is 6. The molecule has 1 fully saturated rings. The van der Waals surface area contributed by atoms with Crippen molar-refractivity contribution in [3.63, 3.8) is 0 Å². The fraction of sp³-hybridized carbons (Fsp3) is 0.333. The molecule has 8 nitrogen and oxygen atoms in total. The average molecular weight is 460 g/mol. The highest BCUT2D eigenvalue weighted by molar-refractivity contribution is 7.89. The number of sulfonamides is 1. The lowest BCUT2D eigenvalue weighted by Gasteiger charge is -2.27. The van der Waals surface area contributed by atoms with Crippen LogP contribution in [0.15, 0.2) is 41.3 Å². The molecule has 1 unspecified atom stereocenters. The van der Waals surface area contributed by atoms with Crippen molar-refractivity contribution >= 4 is 44.6 Å². The summed E-state index contributed by atoms with van der Waals surface area (Å²) >= 11 is 12.0. The third-order valence-corrected chi connectivity index (χ3v) is 7.26. The number of nitro groups is 1. The number of nitrogens with one attached hydrogen (secondary N) is 1. The number of nitrogens with zero attached hydrogens (tertiary/aromatic N) is 2. The van der Waals surface area contributed by atoms with Gasteiger partial charge in [-0.25, -0.2) is 8.42 Å². The van der Waals surface area contributed by atoms with E-state index in [1.807, 2.05) is 6.92 Å². The molecule has 1 saturated heterocycles. The second-order valence-electron chi connectivity index (χ2n) is 6.49. The van der Waals surface area contributed by atoms with Gasteiger partial charge in [0.25, 0.3) is 5.69 Å². The van der Waals surface area contributed by atoms with E-state index < -0.39 is 14.9 Å². The first-order valence-corrected chi connectivity index (χ1v) is 11.0. The molecule has 1 heterocycles. The molecular formula is C18H19Cl2N3O5S. The van der Waals surface area contributed by atoms with E-state index in [1.54, 1.807) is 18.2 Å². The second kappa shape index (κ2) is 8.85. The van der Waals surface area contributed by atoms with Crippen LogP contribution in [0.1, 0.15) is 18.5 Å². The second-order valence-corrected chi connectivity index (χ2v) is 9.21. The van der Waals surface area contributed by atoms with E-state index in [-0.39, 0.29) is 48.6 Å². The first-order chi connectivity index (χ1) is 13.7. The molecular weight excluding hydrogens is 441 g/mol. The van der Waals surface area contributed by atoms with Crippen LogP contribution in [0, 0.1) is 10.1 Å². The number of hydrogen-bond donors (Lipinski definition) is 1. The Kier molecular flexibility index (Phi) is 6.65. The molecule has 0 bridgehead atoms. The number of nitro benzene ring substituents is 1. The van der Waals surface area contributed by atoms with Gasteiger partial charge in [-0.1, -0.05) is 29.3 Å². The topological polar surface area (TPSA) is 102 Å². The Balaban J connectivity index is 1.99. The van der Waals surface area contributed by atoms with Crippen molar-refractivity contribution in [1.82, 2.24) is 4.31 Å². The molecule has 1 aliphatic rings. The van der Waals surface area contributed by atoms with Gasteiger partial charge in [-0.3, -0.25) is 10.1 Å². The van der Waals surface area contributed by atoms with Crippen molar-refractivity contribution in [2.75, 3.05) is 31.6 Å².